The van der Waals surface area contributed by atoms with Crippen LogP contribution in [-0.2, 0) is 11.2 Å². The Bertz CT molecular complexity index is 561. The summed E-state index contributed by atoms with van der Waals surface area (Å²) in [4.78, 5) is 14.4. The van der Waals surface area contributed by atoms with Crippen molar-refractivity contribution in [3.05, 3.63) is 23.8 Å². The fourth-order valence-corrected chi connectivity index (χ4v) is 3.34. The number of piperidine rings is 1. The van der Waals surface area contributed by atoms with Crippen molar-refractivity contribution in [1.82, 2.24) is 4.90 Å². The summed E-state index contributed by atoms with van der Waals surface area (Å²) in [5.74, 6) is 1.82. The van der Waals surface area contributed by atoms with Gasteiger partial charge in [0.1, 0.15) is 0 Å². The summed E-state index contributed by atoms with van der Waals surface area (Å²) in [6, 6.07) is 6.45. The van der Waals surface area contributed by atoms with Crippen molar-refractivity contribution in [1.29, 1.82) is 0 Å². The predicted molar refractivity (Wildman–Crippen MR) is 88.8 cm³/mol. The lowest BCUT2D eigenvalue weighted by atomic mass is 9.98. The SMILES string of the molecule is C[C@@H]1C[C@H](N)CCN1C(=O)CCc1ccc2c(c1)OCCCO2. The summed E-state index contributed by atoms with van der Waals surface area (Å²) in [5.41, 5.74) is 7.08. The zero-order chi connectivity index (χ0) is 16.2. The molecule has 5 heteroatoms. The van der Waals surface area contributed by atoms with Crippen LogP contribution in [0.3, 0.4) is 0 Å². The highest BCUT2D eigenvalue weighted by atomic mass is 16.5. The fraction of sp³-hybridized carbons (Fsp3) is 0.611. The van der Waals surface area contributed by atoms with E-state index >= 15 is 0 Å². The van der Waals surface area contributed by atoms with Crippen LogP contribution in [0.1, 0.15) is 38.2 Å². The topological polar surface area (TPSA) is 64.8 Å². The standard InChI is InChI=1S/C18H26N2O3/c1-13-11-15(19)7-8-20(13)18(21)6-4-14-3-5-16-17(12-14)23-10-2-9-22-16/h3,5,12-13,15H,2,4,6-11,19H2,1H3/t13-,15-/m1/s1. The molecular weight excluding hydrogens is 292 g/mol. The number of rotatable bonds is 3. The van der Waals surface area contributed by atoms with Crippen molar-refractivity contribution in [2.24, 2.45) is 5.73 Å². The molecule has 0 spiro atoms. The van der Waals surface area contributed by atoms with Gasteiger partial charge in [-0.2, -0.15) is 0 Å². The molecule has 0 radical (unpaired) electrons. The number of benzene rings is 1. The minimum atomic E-state index is 0.219. The van der Waals surface area contributed by atoms with E-state index in [9.17, 15) is 4.79 Å². The van der Waals surface area contributed by atoms with E-state index in [1.165, 1.54) is 0 Å². The molecule has 2 aliphatic heterocycles. The Hall–Kier alpha value is -1.75. The lowest BCUT2D eigenvalue weighted by molar-refractivity contribution is -0.134. The third-order valence-electron chi connectivity index (χ3n) is 4.68. The van der Waals surface area contributed by atoms with Gasteiger partial charge in [0.15, 0.2) is 11.5 Å². The maximum Gasteiger partial charge on any atom is 0.223 e. The third-order valence-corrected chi connectivity index (χ3v) is 4.68. The molecule has 2 aliphatic rings. The molecule has 2 heterocycles. The molecule has 1 aromatic carbocycles. The van der Waals surface area contributed by atoms with Gasteiger partial charge >= 0.3 is 0 Å². The van der Waals surface area contributed by atoms with Crippen LogP contribution in [0.25, 0.3) is 0 Å². The quantitative estimate of drug-likeness (QED) is 0.927. The van der Waals surface area contributed by atoms with Crippen molar-refractivity contribution in [3.8, 4) is 11.5 Å². The summed E-state index contributed by atoms with van der Waals surface area (Å²) in [6.45, 7) is 4.24. The van der Waals surface area contributed by atoms with E-state index in [-0.39, 0.29) is 18.0 Å². The van der Waals surface area contributed by atoms with Gasteiger partial charge in [-0.05, 0) is 43.9 Å². The van der Waals surface area contributed by atoms with E-state index < -0.39 is 0 Å². The van der Waals surface area contributed by atoms with Gasteiger partial charge in [0.05, 0.1) is 13.2 Å². The van der Waals surface area contributed by atoms with Crippen LogP contribution < -0.4 is 15.2 Å². The fourth-order valence-electron chi connectivity index (χ4n) is 3.34. The van der Waals surface area contributed by atoms with Crippen LogP contribution in [0.15, 0.2) is 18.2 Å². The minimum Gasteiger partial charge on any atom is -0.490 e. The van der Waals surface area contributed by atoms with Crippen LogP contribution in [0.4, 0.5) is 0 Å². The number of amides is 1. The van der Waals surface area contributed by atoms with Gasteiger partial charge in [0, 0.05) is 31.5 Å². The molecule has 0 unspecified atom stereocenters. The van der Waals surface area contributed by atoms with E-state index in [2.05, 4.69) is 6.92 Å². The molecule has 2 atom stereocenters. The average molecular weight is 318 g/mol. The molecule has 1 saturated heterocycles. The Balaban J connectivity index is 1.57. The van der Waals surface area contributed by atoms with Gasteiger partial charge in [-0.15, -0.1) is 0 Å². The first-order valence-corrected chi connectivity index (χ1v) is 8.57. The lowest BCUT2D eigenvalue weighted by Crippen LogP contribution is -2.48. The molecule has 2 N–H and O–H groups in total. The van der Waals surface area contributed by atoms with Crippen LogP contribution in [0, 0.1) is 0 Å². The molecule has 23 heavy (non-hydrogen) atoms. The molecule has 0 bridgehead atoms. The second-order valence-corrected chi connectivity index (χ2v) is 6.55. The Kier molecular flexibility index (Phi) is 5.06. The second kappa shape index (κ2) is 7.21. The summed E-state index contributed by atoms with van der Waals surface area (Å²) < 4.78 is 11.3. The van der Waals surface area contributed by atoms with E-state index in [1.54, 1.807) is 0 Å². The number of nitrogens with zero attached hydrogens (tertiary/aromatic N) is 1. The van der Waals surface area contributed by atoms with Crippen LogP contribution in [0.5, 0.6) is 11.5 Å². The van der Waals surface area contributed by atoms with Gasteiger partial charge in [0.2, 0.25) is 5.91 Å². The van der Waals surface area contributed by atoms with Crippen molar-refractivity contribution >= 4 is 5.91 Å². The highest BCUT2D eigenvalue weighted by molar-refractivity contribution is 5.77. The summed E-state index contributed by atoms with van der Waals surface area (Å²) in [5, 5.41) is 0. The summed E-state index contributed by atoms with van der Waals surface area (Å²) >= 11 is 0. The maximum absolute atomic E-state index is 12.5. The van der Waals surface area contributed by atoms with E-state index in [4.69, 9.17) is 15.2 Å². The van der Waals surface area contributed by atoms with Gasteiger partial charge in [0.25, 0.3) is 0 Å². The molecule has 0 aromatic heterocycles. The van der Waals surface area contributed by atoms with Crippen molar-refractivity contribution < 1.29 is 14.3 Å². The highest BCUT2D eigenvalue weighted by Gasteiger charge is 2.26. The van der Waals surface area contributed by atoms with Gasteiger partial charge in [-0.1, -0.05) is 6.07 Å². The summed E-state index contributed by atoms with van der Waals surface area (Å²) in [7, 11) is 0. The molecule has 0 saturated carbocycles. The van der Waals surface area contributed by atoms with E-state index in [1.807, 2.05) is 23.1 Å². The van der Waals surface area contributed by atoms with Crippen molar-refractivity contribution in [3.63, 3.8) is 0 Å². The number of hydrogen-bond donors (Lipinski definition) is 1. The highest BCUT2D eigenvalue weighted by Crippen LogP contribution is 2.31. The molecule has 1 fully saturated rings. The van der Waals surface area contributed by atoms with E-state index in [0.29, 0.717) is 19.6 Å². The van der Waals surface area contributed by atoms with Crippen LogP contribution in [0.2, 0.25) is 0 Å². The number of carbonyl (C=O) groups is 1. The number of hydrogen-bond acceptors (Lipinski definition) is 4. The molecule has 3 rings (SSSR count). The van der Waals surface area contributed by atoms with Crippen LogP contribution >= 0.6 is 0 Å². The molecular formula is C18H26N2O3. The minimum absolute atomic E-state index is 0.219. The number of ether oxygens (including phenoxy) is 2. The first kappa shape index (κ1) is 16.1. The molecule has 1 amide bonds. The number of aryl methyl sites for hydroxylation is 1. The van der Waals surface area contributed by atoms with Crippen molar-refractivity contribution in [2.45, 2.75) is 51.1 Å². The normalized spacial score (nSPS) is 24.2. The Morgan fingerprint density at radius 2 is 2.09 bits per heavy atom. The Morgan fingerprint density at radius 1 is 1.30 bits per heavy atom. The smallest absolute Gasteiger partial charge is 0.223 e. The summed E-state index contributed by atoms with van der Waals surface area (Å²) in [6.07, 6.45) is 3.96. The van der Waals surface area contributed by atoms with Crippen LogP contribution in [-0.4, -0.2) is 42.6 Å². The van der Waals surface area contributed by atoms with Gasteiger partial charge < -0.3 is 20.1 Å². The van der Waals surface area contributed by atoms with E-state index in [0.717, 1.165) is 49.3 Å². The first-order chi connectivity index (χ1) is 11.1. The average Bonchev–Trinajstić information content (AvgIpc) is 2.77. The molecule has 126 valence electrons. The lowest BCUT2D eigenvalue weighted by Gasteiger charge is -2.36. The number of fused-ring (bicyclic) bond motifs is 1. The molecule has 1 aromatic rings. The number of carbonyl (C=O) groups excluding carboxylic acids is 1. The number of likely N-dealkylation sites (tertiary alicyclic amines) is 1. The molecule has 0 aliphatic carbocycles. The first-order valence-electron chi connectivity index (χ1n) is 8.57. The van der Waals surface area contributed by atoms with Gasteiger partial charge in [-0.3, -0.25) is 4.79 Å². The number of nitrogens with two attached hydrogens (primary N) is 1. The monoisotopic (exact) mass is 318 g/mol. The van der Waals surface area contributed by atoms with Crippen molar-refractivity contribution in [2.75, 3.05) is 19.8 Å². The largest absolute Gasteiger partial charge is 0.490 e. The molecule has 5 nitrogen and oxygen atoms in total. The third kappa shape index (κ3) is 3.96. The Labute approximate surface area is 137 Å². The zero-order valence-electron chi connectivity index (χ0n) is 13.8. The predicted octanol–water partition coefficient (Wildman–Crippen LogP) is 2.12. The van der Waals surface area contributed by atoms with Gasteiger partial charge in [-0.25, -0.2) is 0 Å². The Morgan fingerprint density at radius 3 is 2.87 bits per heavy atom. The maximum atomic E-state index is 12.5. The zero-order valence-corrected chi connectivity index (χ0v) is 13.8. The second-order valence-electron chi connectivity index (χ2n) is 6.55.